The van der Waals surface area contributed by atoms with Crippen molar-refractivity contribution in [3.05, 3.63) is 0 Å². The fraction of sp³-hybridized carbons (Fsp3) is 0.800. The van der Waals surface area contributed by atoms with E-state index in [0.29, 0.717) is 39.0 Å². The summed E-state index contributed by atoms with van der Waals surface area (Å²) >= 11 is 0. The Morgan fingerprint density at radius 3 is 2.53 bits per heavy atom. The zero-order chi connectivity index (χ0) is 11.1. The molecule has 0 spiro atoms. The molecule has 1 aliphatic rings. The van der Waals surface area contributed by atoms with Crippen molar-refractivity contribution in [2.24, 2.45) is 0 Å². The lowest BCUT2D eigenvalue weighted by molar-refractivity contribution is -0.147. The summed E-state index contributed by atoms with van der Waals surface area (Å²) in [6.07, 6.45) is 1.71. The Bertz CT molecular complexity index is 215. The number of hydrogen-bond acceptors (Lipinski definition) is 4. The molecular formula is C10H18N2O3. The van der Waals surface area contributed by atoms with Crippen LogP contribution in [0.3, 0.4) is 0 Å². The number of likely N-dealkylation sites (tertiary alicyclic amines) is 1. The van der Waals surface area contributed by atoms with Gasteiger partial charge in [-0.3, -0.25) is 14.5 Å². The van der Waals surface area contributed by atoms with Crippen LogP contribution in [0.1, 0.15) is 19.3 Å². The van der Waals surface area contributed by atoms with Crippen molar-refractivity contribution < 1.29 is 14.3 Å². The fourth-order valence-electron chi connectivity index (χ4n) is 1.54. The minimum absolute atomic E-state index is 0.0419. The van der Waals surface area contributed by atoms with Gasteiger partial charge in [0.2, 0.25) is 11.8 Å². The number of hydrogen-bond donors (Lipinski definition) is 1. The number of ether oxygens (including phenoxy) is 1. The van der Waals surface area contributed by atoms with Crippen molar-refractivity contribution in [2.75, 3.05) is 33.4 Å². The van der Waals surface area contributed by atoms with Crippen LogP contribution >= 0.6 is 0 Å². The van der Waals surface area contributed by atoms with Gasteiger partial charge in [0.15, 0.2) is 0 Å². The minimum Gasteiger partial charge on any atom is -0.383 e. The summed E-state index contributed by atoms with van der Waals surface area (Å²) < 4.78 is 4.87. The van der Waals surface area contributed by atoms with Gasteiger partial charge in [0.25, 0.3) is 0 Å². The Kier molecular flexibility index (Phi) is 5.28. The summed E-state index contributed by atoms with van der Waals surface area (Å²) in [6, 6.07) is 0. The number of nitrogens with one attached hydrogen (secondary N) is 1. The lowest BCUT2D eigenvalue weighted by Gasteiger charge is -2.24. The highest BCUT2D eigenvalue weighted by Gasteiger charge is 2.24. The average molecular weight is 214 g/mol. The molecule has 1 saturated heterocycles. The highest BCUT2D eigenvalue weighted by atomic mass is 16.5. The predicted octanol–water partition coefficient (Wildman–Crippen LogP) is -0.239. The van der Waals surface area contributed by atoms with Gasteiger partial charge in [0.1, 0.15) is 0 Å². The fourth-order valence-corrected chi connectivity index (χ4v) is 1.54. The van der Waals surface area contributed by atoms with Gasteiger partial charge in [0.05, 0.1) is 6.61 Å². The first kappa shape index (κ1) is 12.1. The molecule has 5 nitrogen and oxygen atoms in total. The van der Waals surface area contributed by atoms with Crippen LogP contribution < -0.4 is 5.32 Å². The van der Waals surface area contributed by atoms with Gasteiger partial charge in [-0.05, 0) is 6.42 Å². The average Bonchev–Trinajstić information content (AvgIpc) is 2.21. The Hall–Kier alpha value is -0.940. The normalized spacial score (nSPS) is 17.3. The van der Waals surface area contributed by atoms with Gasteiger partial charge in [-0.2, -0.15) is 0 Å². The number of nitrogens with zero attached hydrogens (tertiary/aromatic N) is 1. The van der Waals surface area contributed by atoms with Crippen LogP contribution in [0.25, 0.3) is 0 Å². The molecular weight excluding hydrogens is 196 g/mol. The molecule has 0 atom stereocenters. The van der Waals surface area contributed by atoms with E-state index in [0.717, 1.165) is 6.54 Å². The first-order valence-electron chi connectivity index (χ1n) is 5.28. The van der Waals surface area contributed by atoms with Crippen LogP contribution in [0.5, 0.6) is 0 Å². The van der Waals surface area contributed by atoms with Crippen LogP contribution in [0.15, 0.2) is 0 Å². The van der Waals surface area contributed by atoms with Gasteiger partial charge >= 0.3 is 0 Å². The van der Waals surface area contributed by atoms with Crippen LogP contribution in [-0.2, 0) is 14.3 Å². The van der Waals surface area contributed by atoms with Crippen molar-refractivity contribution in [3.63, 3.8) is 0 Å². The molecule has 5 heteroatoms. The van der Waals surface area contributed by atoms with Crippen LogP contribution in [0.2, 0.25) is 0 Å². The zero-order valence-electron chi connectivity index (χ0n) is 9.12. The molecule has 0 aromatic rings. The van der Waals surface area contributed by atoms with Gasteiger partial charge in [-0.15, -0.1) is 0 Å². The van der Waals surface area contributed by atoms with Crippen molar-refractivity contribution >= 4 is 11.8 Å². The molecule has 1 heterocycles. The Morgan fingerprint density at radius 1 is 1.27 bits per heavy atom. The Morgan fingerprint density at radius 2 is 1.93 bits per heavy atom. The number of piperidine rings is 1. The van der Waals surface area contributed by atoms with E-state index in [2.05, 4.69) is 5.32 Å². The second-order valence-electron chi connectivity index (χ2n) is 3.54. The summed E-state index contributed by atoms with van der Waals surface area (Å²) in [5, 5.41) is 3.10. The van der Waals surface area contributed by atoms with Gasteiger partial charge in [-0.1, -0.05) is 0 Å². The number of amides is 2. The number of imide groups is 1. The first-order valence-corrected chi connectivity index (χ1v) is 5.28. The number of carbonyl (C=O) groups excluding carboxylic acids is 2. The van der Waals surface area contributed by atoms with E-state index in [-0.39, 0.29) is 11.8 Å². The molecule has 86 valence electrons. The molecule has 2 amide bonds. The lowest BCUT2D eigenvalue weighted by atomic mass is 10.1. The second-order valence-corrected chi connectivity index (χ2v) is 3.54. The van der Waals surface area contributed by atoms with Crippen LogP contribution in [0, 0.1) is 0 Å². The standard InChI is InChI=1S/C10H18N2O3/c1-15-8-6-11-5-7-12-9(13)3-2-4-10(12)14/h11H,2-8H2,1H3. The van der Waals surface area contributed by atoms with Crippen LogP contribution in [0.4, 0.5) is 0 Å². The third-order valence-corrected chi connectivity index (χ3v) is 2.38. The van der Waals surface area contributed by atoms with Crippen molar-refractivity contribution in [2.45, 2.75) is 19.3 Å². The molecule has 0 radical (unpaired) electrons. The van der Waals surface area contributed by atoms with E-state index < -0.39 is 0 Å². The molecule has 0 unspecified atom stereocenters. The zero-order valence-corrected chi connectivity index (χ0v) is 9.12. The van der Waals surface area contributed by atoms with E-state index in [1.807, 2.05) is 0 Å². The topological polar surface area (TPSA) is 58.6 Å². The molecule has 0 bridgehead atoms. The third kappa shape index (κ3) is 3.97. The predicted molar refractivity (Wildman–Crippen MR) is 55.3 cm³/mol. The molecule has 1 aliphatic heterocycles. The third-order valence-electron chi connectivity index (χ3n) is 2.38. The highest BCUT2D eigenvalue weighted by Crippen LogP contribution is 2.10. The SMILES string of the molecule is COCCNCCN1C(=O)CCCC1=O. The number of rotatable bonds is 6. The van der Waals surface area contributed by atoms with Gasteiger partial charge in [0, 0.05) is 39.6 Å². The molecule has 1 rings (SSSR count). The highest BCUT2D eigenvalue weighted by molar-refractivity contribution is 5.97. The number of carbonyl (C=O) groups is 2. The first-order chi connectivity index (χ1) is 7.25. The van der Waals surface area contributed by atoms with Crippen molar-refractivity contribution in [1.82, 2.24) is 10.2 Å². The van der Waals surface area contributed by atoms with Gasteiger partial charge in [-0.25, -0.2) is 0 Å². The maximum absolute atomic E-state index is 11.4. The van der Waals surface area contributed by atoms with Crippen molar-refractivity contribution in [3.8, 4) is 0 Å². The van der Waals surface area contributed by atoms with E-state index in [4.69, 9.17) is 4.74 Å². The summed E-state index contributed by atoms with van der Waals surface area (Å²) in [4.78, 5) is 24.1. The molecule has 0 aromatic carbocycles. The molecule has 15 heavy (non-hydrogen) atoms. The van der Waals surface area contributed by atoms with Gasteiger partial charge < -0.3 is 10.1 Å². The molecule has 0 aromatic heterocycles. The maximum atomic E-state index is 11.4. The van der Waals surface area contributed by atoms with E-state index in [1.54, 1.807) is 7.11 Å². The molecule has 0 saturated carbocycles. The monoisotopic (exact) mass is 214 g/mol. The quantitative estimate of drug-likeness (QED) is 0.490. The number of methoxy groups -OCH3 is 1. The second kappa shape index (κ2) is 6.53. The lowest BCUT2D eigenvalue weighted by Crippen LogP contribution is -2.43. The smallest absolute Gasteiger partial charge is 0.229 e. The summed E-state index contributed by atoms with van der Waals surface area (Å²) in [7, 11) is 1.64. The Labute approximate surface area is 89.8 Å². The molecule has 1 fully saturated rings. The Balaban J connectivity index is 2.18. The molecule has 0 aliphatic carbocycles. The van der Waals surface area contributed by atoms with E-state index >= 15 is 0 Å². The van der Waals surface area contributed by atoms with Crippen LogP contribution in [-0.4, -0.2) is 50.1 Å². The summed E-state index contributed by atoms with van der Waals surface area (Å²) in [5.41, 5.74) is 0. The van der Waals surface area contributed by atoms with Crippen molar-refractivity contribution in [1.29, 1.82) is 0 Å². The summed E-state index contributed by atoms with van der Waals surface area (Å²) in [6.45, 7) is 2.50. The molecule has 1 N–H and O–H groups in total. The summed E-state index contributed by atoms with van der Waals surface area (Å²) in [5.74, 6) is -0.0837. The van der Waals surface area contributed by atoms with E-state index in [9.17, 15) is 9.59 Å². The minimum atomic E-state index is -0.0419. The maximum Gasteiger partial charge on any atom is 0.229 e. The van der Waals surface area contributed by atoms with E-state index in [1.165, 1.54) is 4.90 Å². The largest absolute Gasteiger partial charge is 0.383 e.